The minimum absolute atomic E-state index is 0.211. The molecule has 2 fully saturated rings. The topological polar surface area (TPSA) is 94.3 Å². The standard InChI is InChI=1S/C19H27N3O5/c1-3-15-14(11-20-6-4-5-7-20)10-16(27-15)19(26)22-9-8-21(12-17(23)24)18(25)13(22)2/h10,13H,3-9,11-12H2,1-2H3,(H,23,24)/t13-/m0/s1. The van der Waals surface area contributed by atoms with Crippen molar-refractivity contribution in [3.8, 4) is 0 Å². The molecule has 0 aliphatic carbocycles. The maximum Gasteiger partial charge on any atom is 0.323 e. The molecule has 2 saturated heterocycles. The van der Waals surface area contributed by atoms with Crippen LogP contribution >= 0.6 is 0 Å². The Morgan fingerprint density at radius 3 is 2.56 bits per heavy atom. The van der Waals surface area contributed by atoms with Crippen LogP contribution in [0.2, 0.25) is 0 Å². The molecule has 0 aromatic carbocycles. The molecular formula is C19H27N3O5. The van der Waals surface area contributed by atoms with Gasteiger partial charge in [-0.15, -0.1) is 0 Å². The fourth-order valence-corrected chi connectivity index (χ4v) is 3.86. The van der Waals surface area contributed by atoms with Crippen molar-refractivity contribution in [1.82, 2.24) is 14.7 Å². The fourth-order valence-electron chi connectivity index (χ4n) is 3.86. The van der Waals surface area contributed by atoms with Gasteiger partial charge in [0.2, 0.25) is 5.91 Å². The Morgan fingerprint density at radius 2 is 1.93 bits per heavy atom. The molecule has 1 N–H and O–H groups in total. The van der Waals surface area contributed by atoms with Gasteiger partial charge in [-0.2, -0.15) is 0 Å². The highest BCUT2D eigenvalue weighted by Crippen LogP contribution is 2.23. The van der Waals surface area contributed by atoms with Gasteiger partial charge in [0, 0.05) is 31.6 Å². The van der Waals surface area contributed by atoms with E-state index in [0.29, 0.717) is 13.0 Å². The number of aliphatic carboxylic acids is 1. The zero-order valence-electron chi connectivity index (χ0n) is 15.9. The summed E-state index contributed by atoms with van der Waals surface area (Å²) in [7, 11) is 0. The Balaban J connectivity index is 1.72. The van der Waals surface area contributed by atoms with Gasteiger partial charge < -0.3 is 19.3 Å². The average molecular weight is 377 g/mol. The van der Waals surface area contributed by atoms with E-state index >= 15 is 0 Å². The SMILES string of the molecule is CCc1oc(C(=O)N2CCN(CC(=O)O)C(=O)[C@@H]2C)cc1CN1CCCC1. The van der Waals surface area contributed by atoms with Crippen molar-refractivity contribution in [2.24, 2.45) is 0 Å². The first-order chi connectivity index (χ1) is 12.9. The highest BCUT2D eigenvalue weighted by molar-refractivity contribution is 5.97. The summed E-state index contributed by atoms with van der Waals surface area (Å²) in [6.07, 6.45) is 3.11. The van der Waals surface area contributed by atoms with E-state index in [1.54, 1.807) is 13.0 Å². The van der Waals surface area contributed by atoms with Gasteiger partial charge >= 0.3 is 5.97 Å². The van der Waals surface area contributed by atoms with E-state index in [-0.39, 0.29) is 30.7 Å². The molecule has 0 bridgehead atoms. The van der Waals surface area contributed by atoms with E-state index in [9.17, 15) is 14.4 Å². The first-order valence-electron chi connectivity index (χ1n) is 9.56. The molecule has 0 radical (unpaired) electrons. The van der Waals surface area contributed by atoms with Crippen molar-refractivity contribution in [2.75, 3.05) is 32.7 Å². The quantitative estimate of drug-likeness (QED) is 0.800. The van der Waals surface area contributed by atoms with Gasteiger partial charge in [0.05, 0.1) is 0 Å². The zero-order valence-corrected chi connectivity index (χ0v) is 15.9. The smallest absolute Gasteiger partial charge is 0.323 e. The number of amides is 2. The summed E-state index contributed by atoms with van der Waals surface area (Å²) in [5.41, 5.74) is 1.03. The highest BCUT2D eigenvalue weighted by atomic mass is 16.4. The van der Waals surface area contributed by atoms with Crippen LogP contribution in [0.3, 0.4) is 0 Å². The summed E-state index contributed by atoms with van der Waals surface area (Å²) in [6, 6.07) is 1.10. The Hall–Kier alpha value is -2.35. The van der Waals surface area contributed by atoms with Crippen molar-refractivity contribution in [3.05, 3.63) is 23.2 Å². The molecule has 3 rings (SSSR count). The van der Waals surface area contributed by atoms with Crippen LogP contribution in [-0.2, 0) is 22.6 Å². The second kappa shape index (κ2) is 8.12. The van der Waals surface area contributed by atoms with E-state index in [1.807, 2.05) is 6.92 Å². The number of piperazine rings is 1. The average Bonchev–Trinajstić information content (AvgIpc) is 3.28. The molecule has 0 unspecified atom stereocenters. The molecule has 0 saturated carbocycles. The lowest BCUT2D eigenvalue weighted by atomic mass is 10.1. The Labute approximate surface area is 158 Å². The van der Waals surface area contributed by atoms with Crippen LogP contribution in [0, 0.1) is 0 Å². The molecule has 2 aliphatic heterocycles. The summed E-state index contributed by atoms with van der Waals surface area (Å²) in [4.78, 5) is 41.3. The van der Waals surface area contributed by atoms with Crippen LogP contribution in [0.15, 0.2) is 10.5 Å². The van der Waals surface area contributed by atoms with Crippen LogP contribution in [0.25, 0.3) is 0 Å². The minimum atomic E-state index is -1.06. The molecule has 3 heterocycles. The van der Waals surface area contributed by atoms with Gasteiger partial charge in [-0.05, 0) is 38.9 Å². The Kier molecular flexibility index (Phi) is 5.84. The normalized spacial score (nSPS) is 21.1. The third-order valence-electron chi connectivity index (χ3n) is 5.36. The molecule has 8 heteroatoms. The summed E-state index contributed by atoms with van der Waals surface area (Å²) in [6.45, 7) is 6.70. The van der Waals surface area contributed by atoms with Gasteiger partial charge in [-0.25, -0.2) is 0 Å². The molecule has 0 spiro atoms. The Morgan fingerprint density at radius 1 is 1.22 bits per heavy atom. The van der Waals surface area contributed by atoms with Crippen LogP contribution in [-0.4, -0.2) is 76.4 Å². The lowest BCUT2D eigenvalue weighted by molar-refractivity contribution is -0.148. The number of rotatable bonds is 6. The largest absolute Gasteiger partial charge is 0.480 e. The summed E-state index contributed by atoms with van der Waals surface area (Å²) in [5, 5.41) is 8.91. The molecule has 27 heavy (non-hydrogen) atoms. The van der Waals surface area contributed by atoms with Crippen molar-refractivity contribution >= 4 is 17.8 Å². The lowest BCUT2D eigenvalue weighted by Gasteiger charge is -2.38. The van der Waals surface area contributed by atoms with Crippen LogP contribution in [0.1, 0.15) is 48.6 Å². The molecule has 148 valence electrons. The third-order valence-corrected chi connectivity index (χ3v) is 5.36. The fraction of sp³-hybridized carbons (Fsp3) is 0.632. The number of carbonyl (C=O) groups excluding carboxylic acids is 2. The van der Waals surface area contributed by atoms with E-state index < -0.39 is 12.0 Å². The van der Waals surface area contributed by atoms with E-state index in [4.69, 9.17) is 9.52 Å². The van der Waals surface area contributed by atoms with Crippen molar-refractivity contribution in [1.29, 1.82) is 0 Å². The monoisotopic (exact) mass is 377 g/mol. The Bertz CT molecular complexity index is 723. The second-order valence-corrected chi connectivity index (χ2v) is 7.22. The third kappa shape index (κ3) is 4.16. The number of hydrogen-bond acceptors (Lipinski definition) is 5. The summed E-state index contributed by atoms with van der Waals surface area (Å²) < 4.78 is 5.83. The van der Waals surface area contributed by atoms with Gasteiger partial charge in [0.1, 0.15) is 18.3 Å². The molecule has 1 atom stereocenters. The number of aryl methyl sites for hydroxylation is 1. The predicted molar refractivity (Wildman–Crippen MR) is 97.3 cm³/mol. The first-order valence-corrected chi connectivity index (χ1v) is 9.56. The van der Waals surface area contributed by atoms with Gasteiger partial charge in [-0.1, -0.05) is 6.92 Å². The van der Waals surface area contributed by atoms with Crippen molar-refractivity contribution < 1.29 is 23.9 Å². The number of carboxylic acids is 1. The number of likely N-dealkylation sites (tertiary alicyclic amines) is 1. The van der Waals surface area contributed by atoms with Gasteiger partial charge in [0.15, 0.2) is 5.76 Å². The number of furan rings is 1. The van der Waals surface area contributed by atoms with E-state index in [2.05, 4.69) is 4.90 Å². The van der Waals surface area contributed by atoms with E-state index in [1.165, 1.54) is 22.6 Å². The van der Waals surface area contributed by atoms with E-state index in [0.717, 1.165) is 31.0 Å². The first kappa shape index (κ1) is 19.4. The maximum absolute atomic E-state index is 12.9. The van der Waals surface area contributed by atoms with Gasteiger partial charge in [0.25, 0.3) is 5.91 Å². The van der Waals surface area contributed by atoms with Crippen molar-refractivity contribution in [3.63, 3.8) is 0 Å². The highest BCUT2D eigenvalue weighted by Gasteiger charge is 2.36. The van der Waals surface area contributed by atoms with Gasteiger partial charge in [-0.3, -0.25) is 19.3 Å². The predicted octanol–water partition coefficient (Wildman–Crippen LogP) is 1.20. The minimum Gasteiger partial charge on any atom is -0.480 e. The number of hydrogen-bond donors (Lipinski definition) is 1. The second-order valence-electron chi connectivity index (χ2n) is 7.22. The van der Waals surface area contributed by atoms with Crippen LogP contribution in [0.4, 0.5) is 0 Å². The molecule has 1 aromatic heterocycles. The summed E-state index contributed by atoms with van der Waals surface area (Å²) in [5.74, 6) is -0.647. The van der Waals surface area contributed by atoms with Crippen LogP contribution in [0.5, 0.6) is 0 Å². The number of carboxylic acid groups (broad SMARTS) is 1. The molecule has 2 aliphatic rings. The molecule has 2 amide bonds. The summed E-state index contributed by atoms with van der Waals surface area (Å²) >= 11 is 0. The number of carbonyl (C=O) groups is 3. The molecule has 8 nitrogen and oxygen atoms in total. The lowest BCUT2D eigenvalue weighted by Crippen LogP contribution is -2.58. The molecule has 1 aromatic rings. The molecular weight excluding hydrogens is 350 g/mol. The zero-order chi connectivity index (χ0) is 19.6. The van der Waals surface area contributed by atoms with Crippen LogP contribution < -0.4 is 0 Å². The van der Waals surface area contributed by atoms with Crippen molar-refractivity contribution in [2.45, 2.75) is 45.7 Å². The maximum atomic E-state index is 12.9. The number of nitrogens with zero attached hydrogens (tertiary/aromatic N) is 3.